The maximum absolute atomic E-state index is 12.8. The molecule has 0 amide bonds. The van der Waals surface area contributed by atoms with Gasteiger partial charge in [0.25, 0.3) is 0 Å². The van der Waals surface area contributed by atoms with E-state index in [0.717, 1.165) is 69.6 Å². The molecule has 0 bridgehead atoms. The number of hydrogen-bond acceptors (Lipinski definition) is 6. The number of carbonyl (C=O) groups is 3. The summed E-state index contributed by atoms with van der Waals surface area (Å²) in [6, 6.07) is 0. The predicted molar refractivity (Wildman–Crippen MR) is 280 cm³/mol. The minimum atomic E-state index is -0.761. The van der Waals surface area contributed by atoms with Gasteiger partial charge in [-0.1, -0.05) is 291 Å². The van der Waals surface area contributed by atoms with Crippen molar-refractivity contribution in [1.29, 1.82) is 0 Å². The summed E-state index contributed by atoms with van der Waals surface area (Å²) in [5.41, 5.74) is 0. The van der Waals surface area contributed by atoms with Crippen LogP contribution in [0, 0.1) is 11.8 Å². The SMILES string of the molecule is CCCCCCCCCCCC(=O)O[C@H](COC(=O)CCCCCCCCCCCCCCCCCCCCC(C)C)COC(=O)CCCCCCCCCCCCCCCCC(C)C. The second kappa shape index (κ2) is 51.8. The Balaban J connectivity index is 4.15. The Kier molecular flexibility index (Phi) is 50.5. The fourth-order valence-electron chi connectivity index (χ4n) is 9.05. The van der Waals surface area contributed by atoms with Gasteiger partial charge in [0.1, 0.15) is 13.2 Å². The molecule has 0 saturated carbocycles. The van der Waals surface area contributed by atoms with E-state index in [0.29, 0.717) is 19.3 Å². The van der Waals surface area contributed by atoms with Gasteiger partial charge in [-0.05, 0) is 31.1 Å². The van der Waals surface area contributed by atoms with Gasteiger partial charge in [-0.2, -0.15) is 0 Å². The lowest BCUT2D eigenvalue weighted by Gasteiger charge is -2.18. The second-order valence-electron chi connectivity index (χ2n) is 21.2. The van der Waals surface area contributed by atoms with Crippen LogP contribution in [0.5, 0.6) is 0 Å². The van der Waals surface area contributed by atoms with Gasteiger partial charge >= 0.3 is 17.9 Å². The van der Waals surface area contributed by atoms with E-state index in [1.54, 1.807) is 0 Å². The maximum Gasteiger partial charge on any atom is 0.306 e. The van der Waals surface area contributed by atoms with Crippen LogP contribution in [0.4, 0.5) is 0 Å². The van der Waals surface area contributed by atoms with Crippen molar-refractivity contribution in [2.24, 2.45) is 11.8 Å². The summed E-state index contributed by atoms with van der Waals surface area (Å²) >= 11 is 0. The van der Waals surface area contributed by atoms with E-state index in [2.05, 4.69) is 34.6 Å². The van der Waals surface area contributed by atoms with E-state index in [4.69, 9.17) is 14.2 Å². The summed E-state index contributed by atoms with van der Waals surface area (Å²) in [5.74, 6) is 0.862. The van der Waals surface area contributed by atoms with Crippen LogP contribution in [0.1, 0.15) is 330 Å². The van der Waals surface area contributed by atoms with E-state index in [9.17, 15) is 14.4 Å². The lowest BCUT2D eigenvalue weighted by atomic mass is 10.0. The predicted octanol–water partition coefficient (Wildman–Crippen LogP) is 19.3. The van der Waals surface area contributed by atoms with Gasteiger partial charge in [0.2, 0.25) is 0 Å². The summed E-state index contributed by atoms with van der Waals surface area (Å²) in [6.07, 6.45) is 55.3. The molecule has 0 aliphatic rings. The van der Waals surface area contributed by atoms with E-state index in [1.807, 2.05) is 0 Å². The number of rotatable bonds is 53. The molecule has 0 aromatic rings. The Morgan fingerprint density at radius 3 is 0.754 bits per heavy atom. The van der Waals surface area contributed by atoms with Crippen LogP contribution in [-0.4, -0.2) is 37.2 Å². The molecule has 0 aromatic heterocycles. The van der Waals surface area contributed by atoms with Crippen molar-refractivity contribution >= 4 is 17.9 Å². The first kappa shape index (κ1) is 63.4. The molecule has 0 heterocycles. The molecule has 0 aliphatic heterocycles. The van der Waals surface area contributed by atoms with E-state index in [1.165, 1.54) is 218 Å². The van der Waals surface area contributed by atoms with Crippen molar-refractivity contribution in [3.63, 3.8) is 0 Å². The molecule has 386 valence electrons. The van der Waals surface area contributed by atoms with E-state index >= 15 is 0 Å². The smallest absolute Gasteiger partial charge is 0.306 e. The van der Waals surface area contributed by atoms with Crippen LogP contribution in [0.3, 0.4) is 0 Å². The number of carbonyl (C=O) groups excluding carboxylic acids is 3. The van der Waals surface area contributed by atoms with Gasteiger partial charge in [0.05, 0.1) is 0 Å². The first-order chi connectivity index (χ1) is 31.7. The highest BCUT2D eigenvalue weighted by atomic mass is 16.6. The standard InChI is InChI=1S/C59H114O6/c1-6-7-8-9-10-27-36-41-46-51-59(62)65-56(53-64-58(61)50-45-40-35-31-26-22-18-17-20-24-29-33-38-43-48-55(4)5)52-63-57(60)49-44-39-34-30-25-21-16-14-12-11-13-15-19-23-28-32-37-42-47-54(2)3/h54-56H,6-53H2,1-5H3/t56-/m1/s1. The fourth-order valence-corrected chi connectivity index (χ4v) is 9.05. The molecule has 0 radical (unpaired) electrons. The van der Waals surface area contributed by atoms with Crippen molar-refractivity contribution in [3.8, 4) is 0 Å². The molecule has 0 aromatic carbocycles. The van der Waals surface area contributed by atoms with Gasteiger partial charge in [-0.25, -0.2) is 0 Å². The van der Waals surface area contributed by atoms with Crippen molar-refractivity contribution in [1.82, 2.24) is 0 Å². The summed E-state index contributed by atoms with van der Waals surface area (Å²) in [5, 5.41) is 0. The highest BCUT2D eigenvalue weighted by Gasteiger charge is 2.19. The van der Waals surface area contributed by atoms with Crippen molar-refractivity contribution < 1.29 is 28.6 Å². The third kappa shape index (κ3) is 53.2. The maximum atomic E-state index is 12.8. The summed E-state index contributed by atoms with van der Waals surface area (Å²) < 4.78 is 16.9. The topological polar surface area (TPSA) is 78.9 Å². The zero-order valence-electron chi connectivity index (χ0n) is 44.6. The average Bonchev–Trinajstić information content (AvgIpc) is 3.28. The molecule has 0 rings (SSSR count). The van der Waals surface area contributed by atoms with Gasteiger partial charge < -0.3 is 14.2 Å². The van der Waals surface area contributed by atoms with Crippen LogP contribution in [-0.2, 0) is 28.6 Å². The number of ether oxygens (including phenoxy) is 3. The highest BCUT2D eigenvalue weighted by molar-refractivity contribution is 5.71. The largest absolute Gasteiger partial charge is 0.462 e. The Hall–Kier alpha value is -1.59. The molecule has 0 fully saturated rings. The number of esters is 3. The molecule has 0 spiro atoms. The van der Waals surface area contributed by atoms with Gasteiger partial charge in [0, 0.05) is 19.3 Å². The Morgan fingerprint density at radius 2 is 0.508 bits per heavy atom. The molecule has 0 unspecified atom stereocenters. The third-order valence-electron chi connectivity index (χ3n) is 13.5. The molecule has 0 N–H and O–H groups in total. The molecule has 0 aliphatic carbocycles. The number of unbranched alkanes of at least 4 members (excludes halogenated alkanes) is 38. The molecular formula is C59H114O6. The molecule has 1 atom stereocenters. The summed E-state index contributed by atoms with van der Waals surface area (Å²) in [7, 11) is 0. The van der Waals surface area contributed by atoms with Crippen LogP contribution >= 0.6 is 0 Å². The van der Waals surface area contributed by atoms with Crippen LogP contribution in [0.15, 0.2) is 0 Å². The van der Waals surface area contributed by atoms with Crippen molar-refractivity contribution in [2.45, 2.75) is 336 Å². The third-order valence-corrected chi connectivity index (χ3v) is 13.5. The zero-order chi connectivity index (χ0) is 47.5. The zero-order valence-corrected chi connectivity index (χ0v) is 44.6. The Morgan fingerprint density at radius 1 is 0.292 bits per heavy atom. The first-order valence-electron chi connectivity index (χ1n) is 29.2. The first-order valence-corrected chi connectivity index (χ1v) is 29.2. The second-order valence-corrected chi connectivity index (χ2v) is 21.2. The number of hydrogen-bond donors (Lipinski definition) is 0. The molecule has 65 heavy (non-hydrogen) atoms. The van der Waals surface area contributed by atoms with Gasteiger partial charge in [-0.15, -0.1) is 0 Å². The van der Waals surface area contributed by atoms with Crippen LogP contribution < -0.4 is 0 Å². The van der Waals surface area contributed by atoms with Crippen molar-refractivity contribution in [2.75, 3.05) is 13.2 Å². The minimum Gasteiger partial charge on any atom is -0.462 e. The van der Waals surface area contributed by atoms with Crippen molar-refractivity contribution in [3.05, 3.63) is 0 Å². The van der Waals surface area contributed by atoms with Gasteiger partial charge in [0.15, 0.2) is 6.10 Å². The van der Waals surface area contributed by atoms with Crippen LogP contribution in [0.25, 0.3) is 0 Å². The van der Waals surface area contributed by atoms with E-state index in [-0.39, 0.29) is 31.1 Å². The average molecular weight is 920 g/mol. The Bertz CT molecular complexity index is 993. The molecular weight excluding hydrogens is 805 g/mol. The van der Waals surface area contributed by atoms with E-state index < -0.39 is 6.10 Å². The minimum absolute atomic E-state index is 0.0628. The molecule has 6 nitrogen and oxygen atoms in total. The monoisotopic (exact) mass is 919 g/mol. The quantitative estimate of drug-likeness (QED) is 0.0344. The Labute approximate surface area is 406 Å². The molecule has 6 heteroatoms. The summed E-state index contributed by atoms with van der Waals surface area (Å²) in [6.45, 7) is 11.4. The van der Waals surface area contributed by atoms with Crippen LogP contribution in [0.2, 0.25) is 0 Å². The normalized spacial score (nSPS) is 12.0. The highest BCUT2D eigenvalue weighted by Crippen LogP contribution is 2.18. The fraction of sp³-hybridized carbons (Fsp3) is 0.949. The lowest BCUT2D eigenvalue weighted by molar-refractivity contribution is -0.167. The van der Waals surface area contributed by atoms with Gasteiger partial charge in [-0.3, -0.25) is 14.4 Å². The summed E-state index contributed by atoms with van der Waals surface area (Å²) in [4.78, 5) is 38.0. The molecule has 0 saturated heterocycles. The lowest BCUT2D eigenvalue weighted by Crippen LogP contribution is -2.30.